The summed E-state index contributed by atoms with van der Waals surface area (Å²) in [6.45, 7) is 8.50. The summed E-state index contributed by atoms with van der Waals surface area (Å²) in [7, 11) is 0. The van der Waals surface area contributed by atoms with Crippen LogP contribution in [0.25, 0.3) is 21.6 Å². The molecule has 0 aliphatic rings. The van der Waals surface area contributed by atoms with E-state index in [1.54, 1.807) is 41.8 Å². The van der Waals surface area contributed by atoms with Crippen molar-refractivity contribution in [2.45, 2.75) is 33.7 Å². The van der Waals surface area contributed by atoms with Crippen LogP contribution in [0.4, 0.5) is 5.69 Å². The first-order valence-corrected chi connectivity index (χ1v) is 11.3. The lowest BCUT2D eigenvalue weighted by molar-refractivity contribution is 0.0954. The number of hydrogen-bond donors (Lipinski definition) is 2. The molecule has 0 aliphatic carbocycles. The smallest absolute Gasteiger partial charge is 0.256 e. The number of aryl methyl sites for hydroxylation is 1. The number of carbonyl (C=O) groups is 2. The van der Waals surface area contributed by atoms with Crippen LogP contribution in [0.15, 0.2) is 48.7 Å². The van der Waals surface area contributed by atoms with Crippen LogP contribution in [0.3, 0.4) is 0 Å². The van der Waals surface area contributed by atoms with E-state index in [1.165, 1.54) is 4.88 Å². The summed E-state index contributed by atoms with van der Waals surface area (Å²) in [5.74, 6) is -0.452. The van der Waals surface area contributed by atoms with Gasteiger partial charge in [-0.05, 0) is 64.1 Å². The number of hydrogen-bond acceptors (Lipinski definition) is 5. The first-order chi connectivity index (χ1) is 15.4. The Balaban J connectivity index is 1.75. The average molecular weight is 448 g/mol. The number of nitrogens with zero attached hydrogens (tertiary/aromatic N) is 3. The first-order valence-electron chi connectivity index (χ1n) is 10.5. The fraction of sp³-hybridized carbons (Fsp3) is 0.250. The molecule has 2 amide bonds. The third-order valence-electron chi connectivity index (χ3n) is 5.01. The van der Waals surface area contributed by atoms with Crippen molar-refractivity contribution in [3.8, 4) is 10.6 Å². The van der Waals surface area contributed by atoms with Gasteiger partial charge in [-0.2, -0.15) is 5.10 Å². The summed E-state index contributed by atoms with van der Waals surface area (Å²) in [5.41, 5.74) is 2.94. The van der Waals surface area contributed by atoms with Gasteiger partial charge in [-0.1, -0.05) is 6.07 Å². The molecular formula is C24H25N5O2S. The molecule has 3 heterocycles. The zero-order valence-corrected chi connectivity index (χ0v) is 19.3. The fourth-order valence-electron chi connectivity index (χ4n) is 3.48. The molecular weight excluding hydrogens is 422 g/mol. The van der Waals surface area contributed by atoms with E-state index in [-0.39, 0.29) is 17.9 Å². The maximum Gasteiger partial charge on any atom is 0.256 e. The lowest BCUT2D eigenvalue weighted by atomic mass is 10.1. The van der Waals surface area contributed by atoms with Crippen molar-refractivity contribution >= 4 is 39.9 Å². The molecule has 0 bridgehead atoms. The second-order valence-corrected chi connectivity index (χ2v) is 9.07. The normalized spacial score (nSPS) is 11.2. The zero-order chi connectivity index (χ0) is 22.8. The minimum absolute atomic E-state index is 0.102. The molecule has 32 heavy (non-hydrogen) atoms. The highest BCUT2D eigenvalue weighted by Gasteiger charge is 2.19. The van der Waals surface area contributed by atoms with Crippen molar-refractivity contribution in [3.63, 3.8) is 0 Å². The van der Waals surface area contributed by atoms with Gasteiger partial charge in [0.2, 0.25) is 0 Å². The number of pyridine rings is 1. The number of amides is 2. The van der Waals surface area contributed by atoms with E-state index in [2.05, 4.69) is 15.7 Å². The van der Waals surface area contributed by atoms with Gasteiger partial charge >= 0.3 is 0 Å². The number of anilines is 1. The number of rotatable bonds is 6. The monoisotopic (exact) mass is 447 g/mol. The van der Waals surface area contributed by atoms with Crippen LogP contribution in [0.5, 0.6) is 0 Å². The third kappa shape index (κ3) is 4.27. The number of carbonyl (C=O) groups excluding carboxylic acids is 2. The van der Waals surface area contributed by atoms with Gasteiger partial charge in [0.05, 0.1) is 27.7 Å². The molecule has 0 atom stereocenters. The van der Waals surface area contributed by atoms with Gasteiger partial charge in [0.15, 0.2) is 5.65 Å². The summed E-state index contributed by atoms with van der Waals surface area (Å²) < 4.78 is 1.83. The summed E-state index contributed by atoms with van der Waals surface area (Å²) in [6.07, 6.45) is 1.69. The van der Waals surface area contributed by atoms with Crippen molar-refractivity contribution in [1.82, 2.24) is 20.1 Å². The summed E-state index contributed by atoms with van der Waals surface area (Å²) in [5, 5.41) is 10.9. The SMILES string of the molecule is CCNC(=O)c1cccc(NC(=O)c2cc(-c3ccc(C)s3)nc3c2cnn3C(C)C)c1. The Hall–Kier alpha value is -3.52. The molecule has 0 saturated carbocycles. The molecule has 0 spiro atoms. The van der Waals surface area contributed by atoms with E-state index in [0.29, 0.717) is 34.4 Å². The molecule has 164 valence electrons. The van der Waals surface area contributed by atoms with E-state index >= 15 is 0 Å². The Morgan fingerprint density at radius 2 is 1.94 bits per heavy atom. The van der Waals surface area contributed by atoms with Crippen LogP contribution < -0.4 is 10.6 Å². The molecule has 8 heteroatoms. The third-order valence-corrected chi connectivity index (χ3v) is 6.04. The summed E-state index contributed by atoms with van der Waals surface area (Å²) in [6, 6.07) is 12.9. The van der Waals surface area contributed by atoms with E-state index in [1.807, 2.05) is 50.6 Å². The molecule has 0 saturated heterocycles. The molecule has 4 rings (SSSR count). The molecule has 0 unspecified atom stereocenters. The number of thiophene rings is 1. The summed E-state index contributed by atoms with van der Waals surface area (Å²) >= 11 is 1.63. The van der Waals surface area contributed by atoms with E-state index in [4.69, 9.17) is 4.98 Å². The number of benzene rings is 1. The lowest BCUT2D eigenvalue weighted by Gasteiger charge is -2.11. The number of aromatic nitrogens is 3. The molecule has 2 N–H and O–H groups in total. The first kappa shape index (κ1) is 21.7. The van der Waals surface area contributed by atoms with Gasteiger partial charge in [-0.15, -0.1) is 11.3 Å². The number of fused-ring (bicyclic) bond motifs is 1. The Morgan fingerprint density at radius 3 is 2.62 bits per heavy atom. The largest absolute Gasteiger partial charge is 0.352 e. The molecule has 0 aliphatic heterocycles. The minimum Gasteiger partial charge on any atom is -0.352 e. The molecule has 1 aromatic carbocycles. The second-order valence-electron chi connectivity index (χ2n) is 7.78. The standard InChI is InChI=1S/C24H25N5O2S/c1-5-25-23(30)16-7-6-8-17(11-16)27-24(31)18-12-20(21-10-9-15(4)32-21)28-22-19(18)13-26-29(22)14(2)3/h6-14H,5H2,1-4H3,(H,25,30)(H,27,31). The highest BCUT2D eigenvalue weighted by Crippen LogP contribution is 2.31. The fourth-order valence-corrected chi connectivity index (χ4v) is 4.31. The van der Waals surface area contributed by atoms with Gasteiger partial charge in [-0.25, -0.2) is 9.67 Å². The van der Waals surface area contributed by atoms with Crippen molar-refractivity contribution in [3.05, 3.63) is 64.7 Å². The highest BCUT2D eigenvalue weighted by atomic mass is 32.1. The summed E-state index contributed by atoms with van der Waals surface area (Å²) in [4.78, 5) is 32.5. The van der Waals surface area contributed by atoms with E-state index in [0.717, 1.165) is 10.6 Å². The Morgan fingerprint density at radius 1 is 1.12 bits per heavy atom. The van der Waals surface area contributed by atoms with Crippen molar-refractivity contribution in [2.24, 2.45) is 0 Å². The highest BCUT2D eigenvalue weighted by molar-refractivity contribution is 7.15. The second kappa shape index (κ2) is 8.92. The minimum atomic E-state index is -0.275. The number of nitrogens with one attached hydrogen (secondary N) is 2. The van der Waals surface area contributed by atoms with Gasteiger partial charge in [0, 0.05) is 28.7 Å². The van der Waals surface area contributed by atoms with Crippen LogP contribution in [0, 0.1) is 6.92 Å². The predicted molar refractivity (Wildman–Crippen MR) is 128 cm³/mol. The Bertz CT molecular complexity index is 1300. The van der Waals surface area contributed by atoms with Crippen molar-refractivity contribution in [1.29, 1.82) is 0 Å². The van der Waals surface area contributed by atoms with E-state index < -0.39 is 0 Å². The van der Waals surface area contributed by atoms with Gasteiger partial charge < -0.3 is 10.6 Å². The van der Waals surface area contributed by atoms with Crippen LogP contribution in [-0.2, 0) is 0 Å². The van der Waals surface area contributed by atoms with Gasteiger partial charge in [0.25, 0.3) is 11.8 Å². The van der Waals surface area contributed by atoms with Crippen molar-refractivity contribution < 1.29 is 9.59 Å². The predicted octanol–water partition coefficient (Wildman–Crippen LogP) is 5.05. The van der Waals surface area contributed by atoms with Crippen LogP contribution >= 0.6 is 11.3 Å². The molecule has 7 nitrogen and oxygen atoms in total. The van der Waals surface area contributed by atoms with Gasteiger partial charge in [-0.3, -0.25) is 9.59 Å². The molecule has 0 fully saturated rings. The van der Waals surface area contributed by atoms with Crippen LogP contribution in [-0.4, -0.2) is 33.1 Å². The van der Waals surface area contributed by atoms with Crippen LogP contribution in [0.2, 0.25) is 0 Å². The molecule has 0 radical (unpaired) electrons. The van der Waals surface area contributed by atoms with E-state index in [9.17, 15) is 9.59 Å². The quantitative estimate of drug-likeness (QED) is 0.433. The zero-order valence-electron chi connectivity index (χ0n) is 18.5. The topological polar surface area (TPSA) is 88.9 Å². The molecule has 3 aromatic heterocycles. The van der Waals surface area contributed by atoms with Crippen LogP contribution in [0.1, 0.15) is 52.4 Å². The maximum atomic E-state index is 13.3. The van der Waals surface area contributed by atoms with Crippen molar-refractivity contribution in [2.75, 3.05) is 11.9 Å². The maximum absolute atomic E-state index is 13.3. The average Bonchev–Trinajstić information content (AvgIpc) is 3.39. The Kier molecular flexibility index (Phi) is 6.05. The Labute approximate surface area is 190 Å². The lowest BCUT2D eigenvalue weighted by Crippen LogP contribution is -2.22. The van der Waals surface area contributed by atoms with Gasteiger partial charge in [0.1, 0.15) is 0 Å². The molecule has 4 aromatic rings.